The molecule has 6 nitrogen and oxygen atoms in total. The maximum Gasteiger partial charge on any atom is 0.253 e. The highest BCUT2D eigenvalue weighted by atomic mass is 16.3. The van der Waals surface area contributed by atoms with E-state index in [1.54, 1.807) is 31.1 Å². The Morgan fingerprint density at radius 2 is 1.75 bits per heavy atom. The second-order valence-electron chi connectivity index (χ2n) is 8.94. The number of carbonyl (C=O) groups is 2. The summed E-state index contributed by atoms with van der Waals surface area (Å²) < 4.78 is 0. The molecule has 1 aliphatic heterocycles. The molecule has 2 amide bonds. The summed E-state index contributed by atoms with van der Waals surface area (Å²) in [5.41, 5.74) is 3.44. The van der Waals surface area contributed by atoms with Crippen molar-refractivity contribution in [1.29, 1.82) is 5.26 Å². The van der Waals surface area contributed by atoms with Gasteiger partial charge in [0.2, 0.25) is 5.91 Å². The first-order valence-corrected chi connectivity index (χ1v) is 11.2. The highest BCUT2D eigenvalue weighted by Gasteiger charge is 2.53. The van der Waals surface area contributed by atoms with Crippen molar-refractivity contribution in [2.45, 2.75) is 43.7 Å². The Morgan fingerprint density at radius 1 is 1.09 bits per heavy atom. The first-order chi connectivity index (χ1) is 15.5. The second-order valence-corrected chi connectivity index (χ2v) is 8.94. The fourth-order valence-electron chi connectivity index (χ4n) is 5.17. The number of hydrogen-bond acceptors (Lipinski definition) is 4. The molecule has 166 valence electrons. The summed E-state index contributed by atoms with van der Waals surface area (Å²) in [5, 5.41) is 20.1. The van der Waals surface area contributed by atoms with Crippen LogP contribution >= 0.6 is 0 Å². The van der Waals surface area contributed by atoms with Crippen LogP contribution in [0.4, 0.5) is 0 Å². The van der Waals surface area contributed by atoms with E-state index in [4.69, 9.17) is 0 Å². The topological polar surface area (TPSA) is 84.6 Å². The van der Waals surface area contributed by atoms with Gasteiger partial charge in [0.1, 0.15) is 6.04 Å². The normalized spacial score (nSPS) is 22.8. The third-order valence-corrected chi connectivity index (χ3v) is 6.86. The number of benzene rings is 2. The van der Waals surface area contributed by atoms with Crippen LogP contribution < -0.4 is 0 Å². The van der Waals surface area contributed by atoms with Crippen molar-refractivity contribution in [2.75, 3.05) is 20.7 Å². The van der Waals surface area contributed by atoms with Crippen LogP contribution in [0.1, 0.15) is 47.5 Å². The smallest absolute Gasteiger partial charge is 0.253 e. The second kappa shape index (κ2) is 9.13. The van der Waals surface area contributed by atoms with E-state index in [0.717, 1.165) is 42.4 Å². The van der Waals surface area contributed by atoms with Gasteiger partial charge in [0.25, 0.3) is 5.91 Å². The third kappa shape index (κ3) is 3.78. The van der Waals surface area contributed by atoms with Crippen LogP contribution in [0.15, 0.2) is 48.5 Å². The minimum atomic E-state index is -0.587. The largest absolute Gasteiger partial charge is 0.394 e. The van der Waals surface area contributed by atoms with E-state index in [1.807, 2.05) is 36.4 Å². The molecule has 2 aliphatic rings. The zero-order valence-corrected chi connectivity index (χ0v) is 18.6. The fraction of sp³-hybridized carbons (Fsp3) is 0.423. The maximum absolute atomic E-state index is 13.1. The molecular weight excluding hydrogens is 402 g/mol. The molecule has 0 spiro atoms. The molecule has 1 saturated heterocycles. The highest BCUT2D eigenvalue weighted by Crippen LogP contribution is 2.45. The number of rotatable bonds is 5. The van der Waals surface area contributed by atoms with Crippen molar-refractivity contribution >= 4 is 11.8 Å². The summed E-state index contributed by atoms with van der Waals surface area (Å²) in [4.78, 5) is 28.5. The first-order valence-electron chi connectivity index (χ1n) is 11.2. The Labute approximate surface area is 189 Å². The molecule has 2 fully saturated rings. The molecule has 1 N–H and O–H groups in total. The first kappa shape index (κ1) is 22.0. The molecule has 0 unspecified atom stereocenters. The number of aliphatic hydroxyl groups is 1. The van der Waals surface area contributed by atoms with Crippen molar-refractivity contribution in [2.24, 2.45) is 5.92 Å². The Kier molecular flexibility index (Phi) is 6.29. The van der Waals surface area contributed by atoms with E-state index in [2.05, 4.69) is 6.07 Å². The molecule has 1 aliphatic carbocycles. The Hall–Kier alpha value is -3.17. The monoisotopic (exact) mass is 431 g/mol. The van der Waals surface area contributed by atoms with Crippen LogP contribution in [0.2, 0.25) is 0 Å². The zero-order chi connectivity index (χ0) is 22.8. The van der Waals surface area contributed by atoms with Gasteiger partial charge in [-0.1, -0.05) is 49.2 Å². The van der Waals surface area contributed by atoms with Crippen LogP contribution in [0.3, 0.4) is 0 Å². The number of hydrogen-bond donors (Lipinski definition) is 1. The minimum Gasteiger partial charge on any atom is -0.394 e. The number of aliphatic hydroxyl groups excluding tert-OH is 1. The zero-order valence-electron chi connectivity index (χ0n) is 18.6. The van der Waals surface area contributed by atoms with E-state index in [9.17, 15) is 20.0 Å². The van der Waals surface area contributed by atoms with Crippen molar-refractivity contribution < 1.29 is 14.7 Å². The predicted molar refractivity (Wildman–Crippen MR) is 122 cm³/mol. The van der Waals surface area contributed by atoms with Crippen molar-refractivity contribution in [3.63, 3.8) is 0 Å². The summed E-state index contributed by atoms with van der Waals surface area (Å²) in [5.74, 6) is -0.337. The van der Waals surface area contributed by atoms with Gasteiger partial charge in [-0.15, -0.1) is 0 Å². The predicted octanol–water partition coefficient (Wildman–Crippen LogP) is 3.42. The summed E-state index contributed by atoms with van der Waals surface area (Å²) in [6.45, 7) is -0.175. The van der Waals surface area contributed by atoms with E-state index in [-0.39, 0.29) is 30.3 Å². The van der Waals surface area contributed by atoms with Crippen LogP contribution in [0.5, 0.6) is 0 Å². The van der Waals surface area contributed by atoms with Gasteiger partial charge in [-0.2, -0.15) is 5.26 Å². The molecule has 1 saturated carbocycles. The standard InChI is InChI=1S/C26H29N3O3/c1-28(2)25(31)19-13-11-17(12-14-19)20-9-5-6-10-21(20)24-22(15-27)29(23(24)16-30)26(32)18-7-3-4-8-18/h5-6,9-14,18,22-24,30H,3-4,7-8,16H2,1-2H3/t22-,23-,24-/m0/s1. The van der Waals surface area contributed by atoms with Crippen molar-refractivity contribution in [1.82, 2.24) is 9.80 Å². The van der Waals surface area contributed by atoms with Crippen molar-refractivity contribution in [3.05, 3.63) is 59.7 Å². The minimum absolute atomic E-state index is 0.00776. The van der Waals surface area contributed by atoms with Gasteiger partial charge in [0.15, 0.2) is 0 Å². The van der Waals surface area contributed by atoms with Gasteiger partial charge >= 0.3 is 0 Å². The fourth-order valence-corrected chi connectivity index (χ4v) is 5.17. The lowest BCUT2D eigenvalue weighted by molar-refractivity contribution is -0.151. The van der Waals surface area contributed by atoms with Gasteiger partial charge in [0, 0.05) is 31.5 Å². The highest BCUT2D eigenvalue weighted by molar-refractivity contribution is 5.94. The third-order valence-electron chi connectivity index (χ3n) is 6.86. The number of nitrogens with zero attached hydrogens (tertiary/aromatic N) is 3. The van der Waals surface area contributed by atoms with Crippen LogP contribution in [-0.2, 0) is 4.79 Å². The maximum atomic E-state index is 13.1. The lowest BCUT2D eigenvalue weighted by Crippen LogP contribution is -2.66. The van der Waals surface area contributed by atoms with Crippen LogP contribution in [0.25, 0.3) is 11.1 Å². The van der Waals surface area contributed by atoms with Gasteiger partial charge in [0.05, 0.1) is 18.7 Å². The lowest BCUT2D eigenvalue weighted by atomic mass is 9.73. The number of nitriles is 1. The van der Waals surface area contributed by atoms with E-state index in [1.165, 1.54) is 4.90 Å². The SMILES string of the molecule is CN(C)C(=O)c1ccc(-c2ccccc2[C@H]2[C@H](C#N)N(C(=O)C3CCCC3)[C@H]2CO)cc1. The summed E-state index contributed by atoms with van der Waals surface area (Å²) in [7, 11) is 3.44. The van der Waals surface area contributed by atoms with Crippen LogP contribution in [-0.4, -0.2) is 59.5 Å². The van der Waals surface area contributed by atoms with Gasteiger partial charge in [-0.05, 0) is 41.7 Å². The Balaban J connectivity index is 1.65. The average molecular weight is 432 g/mol. The Morgan fingerprint density at radius 3 is 2.34 bits per heavy atom. The van der Waals surface area contributed by atoms with E-state index >= 15 is 0 Å². The summed E-state index contributed by atoms with van der Waals surface area (Å²) in [6.07, 6.45) is 3.82. The molecule has 0 bridgehead atoms. The molecule has 3 atom stereocenters. The molecule has 32 heavy (non-hydrogen) atoms. The molecule has 0 aromatic heterocycles. The van der Waals surface area contributed by atoms with E-state index < -0.39 is 12.1 Å². The number of amides is 2. The molecular formula is C26H29N3O3. The molecule has 1 heterocycles. The van der Waals surface area contributed by atoms with Crippen LogP contribution in [0, 0.1) is 17.2 Å². The molecule has 0 radical (unpaired) electrons. The van der Waals surface area contributed by atoms with Gasteiger partial charge in [-0.3, -0.25) is 9.59 Å². The van der Waals surface area contributed by atoms with E-state index in [0.29, 0.717) is 5.56 Å². The number of likely N-dealkylation sites (tertiary alicyclic amines) is 1. The molecule has 6 heteroatoms. The quantitative estimate of drug-likeness (QED) is 0.786. The summed E-state index contributed by atoms with van der Waals surface area (Å²) in [6, 6.07) is 16.6. The van der Waals surface area contributed by atoms with Crippen molar-refractivity contribution in [3.8, 4) is 17.2 Å². The molecule has 2 aromatic carbocycles. The molecule has 4 rings (SSSR count). The Bertz CT molecular complexity index is 1040. The lowest BCUT2D eigenvalue weighted by Gasteiger charge is -2.52. The van der Waals surface area contributed by atoms with Gasteiger partial charge < -0.3 is 14.9 Å². The van der Waals surface area contributed by atoms with Gasteiger partial charge in [-0.25, -0.2) is 0 Å². The average Bonchev–Trinajstić information content (AvgIpc) is 3.34. The summed E-state index contributed by atoms with van der Waals surface area (Å²) >= 11 is 0. The number of carbonyl (C=O) groups excluding carboxylic acids is 2. The molecule has 2 aromatic rings.